The van der Waals surface area contributed by atoms with Gasteiger partial charge in [0, 0.05) is 27.3 Å². The Labute approximate surface area is 388 Å². The van der Waals surface area contributed by atoms with Crippen LogP contribution in [0.2, 0.25) is 0 Å². The summed E-state index contributed by atoms with van der Waals surface area (Å²) in [6, 6.07) is -2.79. The molecular formula is C40H70F12N4O12. The van der Waals surface area contributed by atoms with Gasteiger partial charge in [0.25, 0.3) is 11.8 Å². The van der Waals surface area contributed by atoms with Crippen LogP contribution in [0.4, 0.5) is 62.3 Å². The normalized spacial score (nSPS) is 14.2. The Bertz CT molecular complexity index is 1500. The second-order valence-electron chi connectivity index (χ2n) is 17.3. The Hall–Kier alpha value is -3.89. The second kappa shape index (κ2) is 28.7. The van der Waals surface area contributed by atoms with Crippen molar-refractivity contribution < 1.29 is 110 Å². The van der Waals surface area contributed by atoms with Crippen LogP contribution in [-0.2, 0) is 42.8 Å². The van der Waals surface area contributed by atoms with Crippen LogP contribution in [0, 0.1) is 0 Å². The van der Waals surface area contributed by atoms with Gasteiger partial charge < -0.3 is 54.8 Å². The van der Waals surface area contributed by atoms with E-state index in [0.717, 1.165) is 0 Å². The average Bonchev–Trinajstić information content (AvgIpc) is 3.10. The van der Waals surface area contributed by atoms with Crippen molar-refractivity contribution in [3.8, 4) is 0 Å². The number of ketones is 1. The van der Waals surface area contributed by atoms with E-state index in [1.54, 1.807) is 41.5 Å². The molecule has 0 aromatic carbocycles. The molecule has 16 nitrogen and oxygen atoms in total. The summed E-state index contributed by atoms with van der Waals surface area (Å²) < 4.78 is 179. The van der Waals surface area contributed by atoms with Crippen molar-refractivity contribution in [1.82, 2.24) is 21.3 Å². The number of alkyl carbamates (subject to hydrolysis) is 2. The van der Waals surface area contributed by atoms with E-state index >= 15 is 0 Å². The highest BCUT2D eigenvalue weighted by Crippen LogP contribution is 2.37. The molecular weight excluding hydrogens is 956 g/mol. The van der Waals surface area contributed by atoms with E-state index < -0.39 is 121 Å². The Morgan fingerprint density at radius 3 is 1.21 bits per heavy atom. The monoisotopic (exact) mass is 1030 g/mol. The summed E-state index contributed by atoms with van der Waals surface area (Å²) in [5.74, 6) is -2.81. The molecule has 0 fully saturated rings. The molecule has 0 aliphatic heterocycles. The summed E-state index contributed by atoms with van der Waals surface area (Å²) in [6.07, 6.45) is -35.0. The van der Waals surface area contributed by atoms with E-state index in [9.17, 15) is 81.8 Å². The molecule has 0 heterocycles. The number of rotatable bonds is 22. The van der Waals surface area contributed by atoms with Gasteiger partial charge in [-0.15, -0.1) is 0 Å². The molecule has 68 heavy (non-hydrogen) atoms. The maximum absolute atomic E-state index is 12.7. The quantitative estimate of drug-likeness (QED) is 0.0524. The van der Waals surface area contributed by atoms with Gasteiger partial charge >= 0.3 is 36.9 Å². The van der Waals surface area contributed by atoms with Crippen LogP contribution in [0.5, 0.6) is 0 Å². The van der Waals surface area contributed by atoms with Crippen LogP contribution in [0.1, 0.15) is 110 Å². The van der Waals surface area contributed by atoms with Crippen molar-refractivity contribution in [3.63, 3.8) is 0 Å². The second-order valence-corrected chi connectivity index (χ2v) is 17.3. The Morgan fingerprint density at radius 1 is 0.529 bits per heavy atom. The number of ether oxygens (including phenoxy) is 6. The molecule has 5 N–H and O–H groups in total. The van der Waals surface area contributed by atoms with Crippen molar-refractivity contribution in [2.75, 3.05) is 40.5 Å². The number of alkyl halides is 12. The number of halogens is 12. The molecule has 0 spiro atoms. The highest BCUT2D eigenvalue weighted by molar-refractivity contribution is 5.92. The predicted octanol–water partition coefficient (Wildman–Crippen LogP) is 7.62. The highest BCUT2D eigenvalue weighted by Gasteiger charge is 2.59. The first-order valence-corrected chi connectivity index (χ1v) is 19.8. The highest BCUT2D eigenvalue weighted by atomic mass is 19.4. The lowest BCUT2D eigenvalue weighted by Crippen LogP contribution is -2.53. The minimum absolute atomic E-state index is 0. The van der Waals surface area contributed by atoms with E-state index in [1.807, 2.05) is 0 Å². The van der Waals surface area contributed by atoms with Gasteiger partial charge in [0.05, 0.1) is 24.8 Å². The molecule has 0 rings (SSSR count). The summed E-state index contributed by atoms with van der Waals surface area (Å²) in [6.45, 7) is 12.3. The number of nitrogens with one attached hydrogen (secondary N) is 4. The number of hydrogen-bond donors (Lipinski definition) is 5. The van der Waals surface area contributed by atoms with E-state index in [4.69, 9.17) is 18.9 Å². The third-order valence-corrected chi connectivity index (χ3v) is 8.30. The molecule has 406 valence electrons. The number of methoxy groups -OCH3 is 2. The molecule has 0 aromatic heterocycles. The molecule has 28 heteroatoms. The zero-order valence-electron chi connectivity index (χ0n) is 38.5. The van der Waals surface area contributed by atoms with Crippen LogP contribution in [0.3, 0.4) is 0 Å². The molecule has 4 amide bonds. The fraction of sp³-hybridized carbons (Fsp3) is 0.875. The lowest BCUT2D eigenvalue weighted by Gasteiger charge is -2.30. The van der Waals surface area contributed by atoms with Gasteiger partial charge in [-0.1, -0.05) is 14.9 Å². The van der Waals surface area contributed by atoms with Crippen LogP contribution in [-0.4, -0.2) is 153 Å². The standard InChI is InChI=1S/C19H32F6N2O6.C19H30F6N2O6.2CH4/c2*1-16(2,3)33-15(30)26-9-7-8-11(27-14(29)17(4,5)31-6)12(28)10-32-13(18(20,21)22)19(23,24)25;;/h11-13,28H,7-10H2,1-6H3,(H,26,30)(H,27,29);11,13H,7-10H2,1-6H3,(H,26,30)(H,27,29);2*1H4/t11-,12?;11-;;/m00../s1. The number of amides is 4. The number of hydrogen-bond acceptors (Lipinski definition) is 12. The third-order valence-electron chi connectivity index (χ3n) is 8.30. The van der Waals surface area contributed by atoms with E-state index in [0.29, 0.717) is 0 Å². The molecule has 0 saturated carbocycles. The number of carbonyl (C=O) groups excluding carboxylic acids is 5. The topological polar surface area (TPSA) is 209 Å². The van der Waals surface area contributed by atoms with Crippen molar-refractivity contribution in [2.45, 2.75) is 187 Å². The zero-order valence-corrected chi connectivity index (χ0v) is 38.5. The number of carbonyl (C=O) groups is 5. The van der Waals surface area contributed by atoms with Crippen molar-refractivity contribution >= 4 is 29.8 Å². The third kappa shape index (κ3) is 29.9. The minimum atomic E-state index is -5.79. The summed E-state index contributed by atoms with van der Waals surface area (Å²) in [5, 5.41) is 19.6. The van der Waals surface area contributed by atoms with Gasteiger partial charge in [-0.2, -0.15) is 52.7 Å². The Morgan fingerprint density at radius 2 is 0.868 bits per heavy atom. The molecule has 0 aliphatic carbocycles. The number of aliphatic hydroxyl groups is 1. The first kappa shape index (κ1) is 70.7. The van der Waals surface area contributed by atoms with Gasteiger partial charge in [0.15, 0.2) is 5.78 Å². The Kier molecular flexibility index (Phi) is 29.8. The molecule has 1 unspecified atom stereocenters. The summed E-state index contributed by atoms with van der Waals surface area (Å²) >= 11 is 0. The number of Topliss-reactive ketones (excluding diaryl/α,β-unsaturated/α-hetero) is 1. The first-order chi connectivity index (χ1) is 29.4. The lowest BCUT2D eigenvalue weighted by atomic mass is 10.0. The van der Waals surface area contributed by atoms with Crippen LogP contribution in [0.25, 0.3) is 0 Å². The minimum Gasteiger partial charge on any atom is -0.444 e. The van der Waals surface area contributed by atoms with E-state index in [-0.39, 0.29) is 53.6 Å². The molecule has 0 aromatic rings. The van der Waals surface area contributed by atoms with Gasteiger partial charge in [-0.25, -0.2) is 9.59 Å². The smallest absolute Gasteiger partial charge is 0.423 e. The maximum Gasteiger partial charge on any atom is 0.423 e. The fourth-order valence-corrected chi connectivity index (χ4v) is 4.50. The van der Waals surface area contributed by atoms with Crippen molar-refractivity contribution in [2.24, 2.45) is 0 Å². The zero-order chi connectivity index (χ0) is 52.5. The Balaban J connectivity index is -0.000000585. The lowest BCUT2D eigenvalue weighted by molar-refractivity contribution is -0.325. The van der Waals surface area contributed by atoms with Gasteiger partial charge in [-0.05, 0) is 94.9 Å². The maximum atomic E-state index is 12.7. The van der Waals surface area contributed by atoms with Crippen molar-refractivity contribution in [3.05, 3.63) is 0 Å². The largest absolute Gasteiger partial charge is 0.444 e. The fourth-order valence-electron chi connectivity index (χ4n) is 4.50. The van der Waals surface area contributed by atoms with Gasteiger partial charge in [0.1, 0.15) is 29.0 Å². The summed E-state index contributed by atoms with van der Waals surface area (Å²) in [5.41, 5.74) is -4.36. The van der Waals surface area contributed by atoms with E-state index in [2.05, 4.69) is 30.7 Å². The van der Waals surface area contributed by atoms with Crippen molar-refractivity contribution in [1.29, 1.82) is 0 Å². The summed E-state index contributed by atoms with van der Waals surface area (Å²) in [4.78, 5) is 60.2. The van der Waals surface area contributed by atoms with Crippen LogP contribution in [0.15, 0.2) is 0 Å². The molecule has 0 bridgehead atoms. The first-order valence-electron chi connectivity index (χ1n) is 19.8. The molecule has 0 saturated heterocycles. The van der Waals surface area contributed by atoms with Gasteiger partial charge in [0.2, 0.25) is 12.2 Å². The molecule has 3 atom stereocenters. The summed E-state index contributed by atoms with van der Waals surface area (Å²) in [7, 11) is 2.41. The molecule has 0 aliphatic rings. The van der Waals surface area contributed by atoms with E-state index in [1.165, 1.54) is 41.9 Å². The van der Waals surface area contributed by atoms with Crippen LogP contribution >= 0.6 is 0 Å². The predicted molar refractivity (Wildman–Crippen MR) is 221 cm³/mol. The van der Waals surface area contributed by atoms with Gasteiger partial charge in [-0.3, -0.25) is 14.4 Å². The number of aliphatic hydroxyl groups excluding tert-OH is 1. The molecule has 0 radical (unpaired) electrons. The average molecular weight is 1030 g/mol. The SMILES string of the molecule is C.C.COC(C)(C)C(=O)N[C@@H](CCCNC(=O)OC(C)(C)C)C(=O)COC(C(F)(F)F)C(F)(F)F.COC(C)(C)C(=O)N[C@@H](CCCNC(=O)OC(C)(C)C)C(O)COC(C(F)(F)F)C(F)(F)F. The van der Waals surface area contributed by atoms with Crippen LogP contribution < -0.4 is 21.3 Å².